The Labute approximate surface area is 175 Å². The van der Waals surface area contributed by atoms with Gasteiger partial charge in [0.1, 0.15) is 0 Å². The van der Waals surface area contributed by atoms with Crippen LogP contribution in [0.5, 0.6) is 0 Å². The summed E-state index contributed by atoms with van der Waals surface area (Å²) in [5.41, 5.74) is 4.50. The highest BCUT2D eigenvalue weighted by molar-refractivity contribution is 6.30. The molecule has 1 fully saturated rings. The lowest BCUT2D eigenvalue weighted by atomic mass is 10.0. The van der Waals surface area contributed by atoms with Crippen LogP contribution in [0.2, 0.25) is 5.02 Å². The molecule has 8 heteroatoms. The molecular formula is C21H25ClN6O. The molecule has 0 radical (unpaired) electrons. The Morgan fingerprint density at radius 2 is 1.90 bits per heavy atom. The maximum atomic E-state index is 13.1. The third-order valence-electron chi connectivity index (χ3n) is 5.60. The summed E-state index contributed by atoms with van der Waals surface area (Å²) in [7, 11) is 0. The van der Waals surface area contributed by atoms with Crippen LogP contribution < -0.4 is 0 Å². The van der Waals surface area contributed by atoms with E-state index >= 15 is 0 Å². The number of aromatic nitrogens is 4. The molecule has 0 bridgehead atoms. The number of halogens is 1. The molecule has 1 aliphatic rings. The van der Waals surface area contributed by atoms with Crippen LogP contribution in [0.15, 0.2) is 24.3 Å². The van der Waals surface area contributed by atoms with E-state index in [9.17, 15) is 4.79 Å². The van der Waals surface area contributed by atoms with Gasteiger partial charge in [0.25, 0.3) is 5.91 Å². The molecule has 0 atom stereocenters. The second-order valence-electron chi connectivity index (χ2n) is 7.28. The summed E-state index contributed by atoms with van der Waals surface area (Å²) in [5.74, 6) is -0.0782. The van der Waals surface area contributed by atoms with E-state index in [2.05, 4.69) is 28.9 Å². The van der Waals surface area contributed by atoms with Gasteiger partial charge in [-0.1, -0.05) is 37.6 Å². The Morgan fingerprint density at radius 3 is 2.55 bits per heavy atom. The summed E-state index contributed by atoms with van der Waals surface area (Å²) in [4.78, 5) is 17.3. The minimum absolute atomic E-state index is 0.0782. The molecule has 0 saturated carbocycles. The second kappa shape index (κ2) is 8.08. The fraction of sp³-hybridized carbons (Fsp3) is 0.429. The molecule has 7 nitrogen and oxygen atoms in total. The minimum Gasteiger partial charge on any atom is -0.335 e. The molecule has 2 aromatic heterocycles. The fourth-order valence-electron chi connectivity index (χ4n) is 3.85. The number of piperazine rings is 1. The smallest absolute Gasteiger partial charge is 0.276 e. The highest BCUT2D eigenvalue weighted by Gasteiger charge is 2.26. The highest BCUT2D eigenvalue weighted by atomic mass is 35.5. The minimum atomic E-state index is -0.0782. The normalized spacial score (nSPS) is 15.2. The predicted molar refractivity (Wildman–Crippen MR) is 113 cm³/mol. The number of carbonyl (C=O) groups is 1. The van der Waals surface area contributed by atoms with E-state index in [0.717, 1.165) is 42.9 Å². The van der Waals surface area contributed by atoms with Crippen molar-refractivity contribution in [2.24, 2.45) is 0 Å². The van der Waals surface area contributed by atoms with Gasteiger partial charge < -0.3 is 9.80 Å². The first-order valence-corrected chi connectivity index (χ1v) is 10.4. The van der Waals surface area contributed by atoms with Crippen molar-refractivity contribution in [3.8, 4) is 11.1 Å². The second-order valence-corrected chi connectivity index (χ2v) is 7.72. The van der Waals surface area contributed by atoms with E-state index in [1.807, 2.05) is 36.1 Å². The van der Waals surface area contributed by atoms with E-state index in [4.69, 9.17) is 16.7 Å². The monoisotopic (exact) mass is 412 g/mol. The van der Waals surface area contributed by atoms with Gasteiger partial charge in [0, 0.05) is 31.2 Å². The van der Waals surface area contributed by atoms with Crippen LogP contribution in [0.4, 0.5) is 0 Å². The molecule has 152 valence electrons. The number of benzene rings is 1. The van der Waals surface area contributed by atoms with Crippen molar-refractivity contribution < 1.29 is 4.79 Å². The number of nitrogens with zero attached hydrogens (tertiary/aromatic N) is 6. The van der Waals surface area contributed by atoms with Gasteiger partial charge >= 0.3 is 0 Å². The Hall–Kier alpha value is -2.51. The summed E-state index contributed by atoms with van der Waals surface area (Å²) in [6.45, 7) is 10.3. The van der Waals surface area contributed by atoms with Crippen LogP contribution in [0, 0.1) is 6.92 Å². The van der Waals surface area contributed by atoms with Crippen LogP contribution >= 0.6 is 11.6 Å². The summed E-state index contributed by atoms with van der Waals surface area (Å²) in [5, 5.41) is 14.1. The number of carbonyl (C=O) groups excluding carboxylic acids is 1. The van der Waals surface area contributed by atoms with E-state index in [1.165, 1.54) is 0 Å². The summed E-state index contributed by atoms with van der Waals surface area (Å²) >= 11 is 6.20. The Kier molecular flexibility index (Phi) is 5.52. The number of hydrogen-bond acceptors (Lipinski definition) is 5. The van der Waals surface area contributed by atoms with Gasteiger partial charge in [-0.05, 0) is 37.6 Å². The molecule has 0 unspecified atom stereocenters. The van der Waals surface area contributed by atoms with Crippen LogP contribution in [-0.2, 0) is 6.42 Å². The lowest BCUT2D eigenvalue weighted by molar-refractivity contribution is 0.0634. The zero-order valence-electron chi connectivity index (χ0n) is 17.0. The lowest BCUT2D eigenvalue weighted by Crippen LogP contribution is -2.48. The molecule has 1 aromatic carbocycles. The molecule has 0 N–H and O–H groups in total. The van der Waals surface area contributed by atoms with E-state index in [0.29, 0.717) is 35.1 Å². The molecule has 1 saturated heterocycles. The van der Waals surface area contributed by atoms with E-state index < -0.39 is 0 Å². The molecule has 4 rings (SSSR count). The summed E-state index contributed by atoms with van der Waals surface area (Å²) in [6, 6.07) is 7.65. The van der Waals surface area contributed by atoms with E-state index in [1.54, 1.807) is 4.52 Å². The average Bonchev–Trinajstić information content (AvgIpc) is 3.13. The van der Waals surface area contributed by atoms with Crippen LogP contribution in [0.3, 0.4) is 0 Å². The number of rotatable bonds is 4. The van der Waals surface area contributed by atoms with Gasteiger partial charge in [0.2, 0.25) is 0 Å². The van der Waals surface area contributed by atoms with Crippen LogP contribution in [0.1, 0.15) is 35.7 Å². The van der Waals surface area contributed by atoms with Gasteiger partial charge in [-0.2, -0.15) is 5.10 Å². The van der Waals surface area contributed by atoms with Crippen molar-refractivity contribution in [3.63, 3.8) is 0 Å². The quantitative estimate of drug-likeness (QED) is 0.658. The largest absolute Gasteiger partial charge is 0.335 e. The molecule has 29 heavy (non-hydrogen) atoms. The lowest BCUT2D eigenvalue weighted by Gasteiger charge is -2.33. The van der Waals surface area contributed by atoms with Gasteiger partial charge in [0.05, 0.1) is 17.0 Å². The Morgan fingerprint density at radius 1 is 1.14 bits per heavy atom. The highest BCUT2D eigenvalue weighted by Crippen LogP contribution is 2.30. The molecule has 3 aromatic rings. The number of aryl methyl sites for hydroxylation is 2. The van der Waals surface area contributed by atoms with Gasteiger partial charge in [-0.3, -0.25) is 4.79 Å². The average molecular weight is 413 g/mol. The summed E-state index contributed by atoms with van der Waals surface area (Å²) in [6.07, 6.45) is 0.743. The van der Waals surface area contributed by atoms with Crippen LogP contribution in [-0.4, -0.2) is 68.2 Å². The number of hydrogen-bond donors (Lipinski definition) is 0. The first kappa shape index (κ1) is 19.8. The maximum absolute atomic E-state index is 13.1. The zero-order chi connectivity index (χ0) is 20.5. The standard InChI is InChI=1S/C21H25ClN6O/c1-4-17-18(15-7-6-8-16(22)13-15)20-24-23-19(14(3)28(20)25-17)21(29)27-11-9-26(5-2)10-12-27/h6-8,13H,4-5,9-12H2,1-3H3. The summed E-state index contributed by atoms with van der Waals surface area (Å²) < 4.78 is 1.75. The van der Waals surface area contributed by atoms with Crippen molar-refractivity contribution >= 4 is 23.2 Å². The van der Waals surface area contributed by atoms with Crippen molar-refractivity contribution in [1.82, 2.24) is 29.6 Å². The van der Waals surface area contributed by atoms with E-state index in [-0.39, 0.29) is 5.91 Å². The SMILES string of the molecule is CCc1nn2c(C)c(C(=O)N3CCN(CC)CC3)nnc2c1-c1cccc(Cl)c1. The third-order valence-corrected chi connectivity index (χ3v) is 5.83. The zero-order valence-corrected chi connectivity index (χ0v) is 17.8. The Balaban J connectivity index is 1.74. The van der Waals surface area contributed by atoms with Gasteiger partial charge in [-0.25, -0.2) is 4.52 Å². The maximum Gasteiger partial charge on any atom is 0.276 e. The molecule has 1 aliphatic heterocycles. The predicted octanol–water partition coefficient (Wildman–Crippen LogP) is 3.09. The first-order valence-electron chi connectivity index (χ1n) is 10.1. The fourth-order valence-corrected chi connectivity index (χ4v) is 4.04. The van der Waals surface area contributed by atoms with Crippen molar-refractivity contribution in [3.05, 3.63) is 46.4 Å². The van der Waals surface area contributed by atoms with Crippen molar-refractivity contribution in [2.45, 2.75) is 27.2 Å². The van der Waals surface area contributed by atoms with Gasteiger partial charge in [0.15, 0.2) is 11.3 Å². The number of likely N-dealkylation sites (N-methyl/N-ethyl adjacent to an activating group) is 1. The molecular weight excluding hydrogens is 388 g/mol. The molecule has 1 amide bonds. The first-order chi connectivity index (χ1) is 14.0. The topological polar surface area (TPSA) is 66.6 Å². The third kappa shape index (κ3) is 3.60. The molecule has 3 heterocycles. The van der Waals surface area contributed by atoms with Crippen molar-refractivity contribution in [1.29, 1.82) is 0 Å². The van der Waals surface area contributed by atoms with Gasteiger partial charge in [-0.15, -0.1) is 10.2 Å². The number of fused-ring (bicyclic) bond motifs is 1. The van der Waals surface area contributed by atoms with Crippen molar-refractivity contribution in [2.75, 3.05) is 32.7 Å². The number of amides is 1. The Bertz CT molecular complexity index is 1050. The molecule has 0 spiro atoms. The van der Waals surface area contributed by atoms with Crippen LogP contribution in [0.25, 0.3) is 16.8 Å². The molecule has 0 aliphatic carbocycles.